The molecule has 1 aromatic heterocycles. The molecule has 0 saturated carbocycles. The van der Waals surface area contributed by atoms with E-state index in [1.165, 1.54) is 5.56 Å². The molecule has 0 fully saturated rings. The SMILES string of the molecule is CCS(=O)(=O)CCCNCc1ccsc1. The van der Waals surface area contributed by atoms with Gasteiger partial charge in [0.05, 0.1) is 5.75 Å². The van der Waals surface area contributed by atoms with Crippen LogP contribution in [0.5, 0.6) is 0 Å². The molecule has 0 unspecified atom stereocenters. The van der Waals surface area contributed by atoms with Gasteiger partial charge in [-0.25, -0.2) is 8.42 Å². The minimum Gasteiger partial charge on any atom is -0.313 e. The van der Waals surface area contributed by atoms with E-state index in [-0.39, 0.29) is 5.75 Å². The lowest BCUT2D eigenvalue weighted by Crippen LogP contribution is -2.18. The summed E-state index contributed by atoms with van der Waals surface area (Å²) in [5.74, 6) is 0.539. The molecule has 1 aromatic rings. The molecule has 1 rings (SSSR count). The Morgan fingerprint density at radius 1 is 1.47 bits per heavy atom. The maximum absolute atomic E-state index is 11.2. The minimum atomic E-state index is -2.79. The van der Waals surface area contributed by atoms with E-state index in [9.17, 15) is 8.42 Å². The molecule has 1 N–H and O–H groups in total. The molecule has 86 valence electrons. The van der Waals surface area contributed by atoms with Crippen molar-refractivity contribution >= 4 is 21.2 Å². The lowest BCUT2D eigenvalue weighted by Gasteiger charge is -2.03. The summed E-state index contributed by atoms with van der Waals surface area (Å²) in [6, 6.07) is 2.07. The van der Waals surface area contributed by atoms with Gasteiger partial charge in [0.2, 0.25) is 0 Å². The quantitative estimate of drug-likeness (QED) is 0.745. The summed E-state index contributed by atoms with van der Waals surface area (Å²) in [6.45, 7) is 3.28. The molecule has 0 bridgehead atoms. The largest absolute Gasteiger partial charge is 0.313 e. The first-order chi connectivity index (χ1) is 7.14. The molecule has 0 amide bonds. The Hall–Kier alpha value is -0.390. The molecule has 0 saturated heterocycles. The molecule has 0 aromatic carbocycles. The summed E-state index contributed by atoms with van der Waals surface area (Å²) < 4.78 is 22.3. The van der Waals surface area contributed by atoms with E-state index in [0.717, 1.165) is 13.1 Å². The van der Waals surface area contributed by atoms with Crippen molar-refractivity contribution in [2.75, 3.05) is 18.1 Å². The first kappa shape index (κ1) is 12.7. The van der Waals surface area contributed by atoms with Gasteiger partial charge in [0.1, 0.15) is 9.84 Å². The highest BCUT2D eigenvalue weighted by molar-refractivity contribution is 7.91. The third-order valence-corrected chi connectivity index (χ3v) is 4.68. The summed E-state index contributed by atoms with van der Waals surface area (Å²) in [6.07, 6.45) is 0.695. The first-order valence-electron chi connectivity index (χ1n) is 5.06. The zero-order valence-corrected chi connectivity index (χ0v) is 10.5. The van der Waals surface area contributed by atoms with Crippen LogP contribution in [0.4, 0.5) is 0 Å². The Morgan fingerprint density at radius 3 is 2.87 bits per heavy atom. The Morgan fingerprint density at radius 2 is 2.27 bits per heavy atom. The van der Waals surface area contributed by atoms with Gasteiger partial charge in [-0.3, -0.25) is 0 Å². The average molecular weight is 247 g/mol. The van der Waals surface area contributed by atoms with E-state index in [1.807, 2.05) is 5.38 Å². The van der Waals surface area contributed by atoms with Gasteiger partial charge in [0.15, 0.2) is 0 Å². The molecule has 0 atom stereocenters. The highest BCUT2D eigenvalue weighted by Gasteiger charge is 2.05. The minimum absolute atomic E-state index is 0.248. The van der Waals surface area contributed by atoms with E-state index in [4.69, 9.17) is 0 Å². The third kappa shape index (κ3) is 5.30. The van der Waals surface area contributed by atoms with Gasteiger partial charge in [0, 0.05) is 12.3 Å². The highest BCUT2D eigenvalue weighted by atomic mass is 32.2. The standard InChI is InChI=1S/C10H17NO2S2/c1-2-15(12,13)7-3-5-11-8-10-4-6-14-9-10/h4,6,9,11H,2-3,5,7-8H2,1H3. The summed E-state index contributed by atoms with van der Waals surface area (Å²) in [5, 5.41) is 7.36. The lowest BCUT2D eigenvalue weighted by molar-refractivity contribution is 0.590. The fraction of sp³-hybridized carbons (Fsp3) is 0.600. The van der Waals surface area contributed by atoms with Crippen LogP contribution in [0, 0.1) is 0 Å². The van der Waals surface area contributed by atoms with Crippen LogP contribution in [0.15, 0.2) is 16.8 Å². The second-order valence-corrected chi connectivity index (χ2v) is 6.65. The van der Waals surface area contributed by atoms with Crippen LogP contribution < -0.4 is 5.32 Å². The van der Waals surface area contributed by atoms with Crippen LogP contribution in [0.1, 0.15) is 18.9 Å². The highest BCUT2D eigenvalue weighted by Crippen LogP contribution is 2.04. The van der Waals surface area contributed by atoms with Crippen molar-refractivity contribution < 1.29 is 8.42 Å². The lowest BCUT2D eigenvalue weighted by atomic mass is 10.3. The fourth-order valence-electron chi connectivity index (χ4n) is 1.19. The summed E-state index contributed by atoms with van der Waals surface area (Å²) in [5.41, 5.74) is 1.26. The van der Waals surface area contributed by atoms with E-state index < -0.39 is 9.84 Å². The van der Waals surface area contributed by atoms with Crippen LogP contribution >= 0.6 is 11.3 Å². The van der Waals surface area contributed by atoms with Gasteiger partial charge in [-0.2, -0.15) is 11.3 Å². The third-order valence-electron chi connectivity index (χ3n) is 2.16. The molecular formula is C10H17NO2S2. The van der Waals surface area contributed by atoms with E-state index >= 15 is 0 Å². The van der Waals surface area contributed by atoms with Crippen LogP contribution in [0.25, 0.3) is 0 Å². The van der Waals surface area contributed by atoms with Gasteiger partial charge >= 0.3 is 0 Å². The normalized spacial score (nSPS) is 11.8. The molecule has 0 radical (unpaired) electrons. The van der Waals surface area contributed by atoms with Gasteiger partial charge in [-0.05, 0) is 35.4 Å². The van der Waals surface area contributed by atoms with Crippen LogP contribution in [0.3, 0.4) is 0 Å². The summed E-state index contributed by atoms with van der Waals surface area (Å²) in [7, 11) is -2.79. The Kier molecular flexibility index (Phi) is 5.28. The fourth-order valence-corrected chi connectivity index (χ4v) is 2.73. The van der Waals surface area contributed by atoms with E-state index in [1.54, 1.807) is 18.3 Å². The maximum atomic E-state index is 11.2. The van der Waals surface area contributed by atoms with Gasteiger partial charge in [-0.1, -0.05) is 6.92 Å². The molecule has 0 aliphatic rings. The predicted octanol–water partition coefficient (Wildman–Crippen LogP) is 1.66. The Bertz CT molecular complexity index is 357. The molecule has 0 spiro atoms. The van der Waals surface area contributed by atoms with Crippen molar-refractivity contribution in [2.24, 2.45) is 0 Å². The maximum Gasteiger partial charge on any atom is 0.150 e. The number of hydrogen-bond donors (Lipinski definition) is 1. The van der Waals surface area contributed by atoms with Crippen molar-refractivity contribution in [3.63, 3.8) is 0 Å². The van der Waals surface area contributed by atoms with Crippen LogP contribution in [0.2, 0.25) is 0 Å². The zero-order valence-electron chi connectivity index (χ0n) is 8.90. The van der Waals surface area contributed by atoms with Gasteiger partial charge in [0.25, 0.3) is 0 Å². The van der Waals surface area contributed by atoms with Crippen LogP contribution in [-0.4, -0.2) is 26.5 Å². The Balaban J connectivity index is 2.08. The number of nitrogens with one attached hydrogen (secondary N) is 1. The zero-order chi connectivity index (χ0) is 11.1. The van der Waals surface area contributed by atoms with Crippen molar-refractivity contribution in [3.8, 4) is 0 Å². The van der Waals surface area contributed by atoms with E-state index in [2.05, 4.69) is 16.8 Å². The second-order valence-electron chi connectivity index (χ2n) is 3.40. The van der Waals surface area contributed by atoms with Crippen molar-refractivity contribution in [1.82, 2.24) is 5.32 Å². The molecule has 3 nitrogen and oxygen atoms in total. The van der Waals surface area contributed by atoms with Gasteiger partial charge in [-0.15, -0.1) is 0 Å². The van der Waals surface area contributed by atoms with Crippen molar-refractivity contribution in [3.05, 3.63) is 22.4 Å². The average Bonchev–Trinajstić information content (AvgIpc) is 2.70. The predicted molar refractivity (Wildman–Crippen MR) is 65.0 cm³/mol. The van der Waals surface area contributed by atoms with Crippen LogP contribution in [-0.2, 0) is 16.4 Å². The smallest absolute Gasteiger partial charge is 0.150 e. The second kappa shape index (κ2) is 6.25. The number of sulfone groups is 1. The monoisotopic (exact) mass is 247 g/mol. The topological polar surface area (TPSA) is 46.2 Å². The summed E-state index contributed by atoms with van der Waals surface area (Å²) in [4.78, 5) is 0. The molecular weight excluding hydrogens is 230 g/mol. The molecule has 0 aliphatic carbocycles. The first-order valence-corrected chi connectivity index (χ1v) is 7.82. The van der Waals surface area contributed by atoms with E-state index in [0.29, 0.717) is 12.2 Å². The number of hydrogen-bond acceptors (Lipinski definition) is 4. The van der Waals surface area contributed by atoms with Crippen molar-refractivity contribution in [1.29, 1.82) is 0 Å². The number of rotatable bonds is 7. The number of thiophene rings is 1. The molecule has 5 heteroatoms. The molecule has 15 heavy (non-hydrogen) atoms. The Labute approximate surface area is 95.4 Å². The molecule has 1 heterocycles. The van der Waals surface area contributed by atoms with Crippen molar-refractivity contribution in [2.45, 2.75) is 19.9 Å². The summed E-state index contributed by atoms with van der Waals surface area (Å²) >= 11 is 1.68. The van der Waals surface area contributed by atoms with Gasteiger partial charge < -0.3 is 5.32 Å². The molecule has 0 aliphatic heterocycles.